The average molecular weight is 172 g/mol. The van der Waals surface area contributed by atoms with Gasteiger partial charge in [-0.2, -0.15) is 5.26 Å². The van der Waals surface area contributed by atoms with E-state index in [-0.39, 0.29) is 5.91 Å². The number of nitrogens with zero attached hydrogens (tertiary/aromatic N) is 2. The second-order valence-electron chi connectivity index (χ2n) is 2.11. The van der Waals surface area contributed by atoms with Crippen molar-refractivity contribution >= 4 is 5.91 Å². The summed E-state index contributed by atoms with van der Waals surface area (Å²) in [5, 5.41) is 10.4. The molecule has 1 aromatic heterocycles. The number of aromatic nitrogens is 1. The van der Waals surface area contributed by atoms with Gasteiger partial charge in [0.25, 0.3) is 5.91 Å². The lowest BCUT2D eigenvalue weighted by Gasteiger charge is -1.96. The third-order valence-electron chi connectivity index (χ3n) is 1.25. The first-order chi connectivity index (χ1) is 6.34. The minimum Gasteiger partial charge on any atom is -0.319 e. The van der Waals surface area contributed by atoms with Gasteiger partial charge in [-0.3, -0.25) is 9.78 Å². The maximum Gasteiger partial charge on any atom is 0.257 e. The minimum atomic E-state index is -0.334. The molecule has 0 unspecified atom stereocenters. The molecule has 0 saturated heterocycles. The van der Waals surface area contributed by atoms with Crippen LogP contribution in [-0.2, 0) is 0 Å². The van der Waals surface area contributed by atoms with E-state index in [0.717, 1.165) is 6.08 Å². The van der Waals surface area contributed by atoms with E-state index in [4.69, 9.17) is 5.26 Å². The van der Waals surface area contributed by atoms with Gasteiger partial charge >= 0.3 is 0 Å². The fraction of sp³-hybridized carbons (Fsp3) is 0. The Hall–Kier alpha value is -2.15. The zero-order valence-electron chi connectivity index (χ0n) is 6.69. The van der Waals surface area contributed by atoms with Crippen molar-refractivity contribution in [1.82, 2.24) is 10.3 Å². The second-order valence-corrected chi connectivity index (χ2v) is 2.11. The maximum absolute atomic E-state index is 11.2. The Bertz CT molecular complexity index is 351. The summed E-state index contributed by atoms with van der Waals surface area (Å²) in [5.74, 6) is -0.334. The number of hydrogen-bond donors (Lipinski definition) is 1. The van der Waals surface area contributed by atoms with Crippen LogP contribution in [0.1, 0.15) is 10.4 Å². The molecule has 0 aliphatic rings. The lowest BCUT2D eigenvalue weighted by molar-refractivity contribution is 0.0967. The first kappa shape index (κ1) is 8.94. The van der Waals surface area contributed by atoms with Gasteiger partial charge in [0.2, 0.25) is 0 Å². The van der Waals surface area contributed by atoms with Crippen LogP contribution in [-0.4, -0.2) is 10.9 Å². The average Bonchev–Trinajstić information content (AvgIpc) is 2.19. The highest BCUT2D eigenvalue weighted by molar-refractivity contribution is 5.94. The van der Waals surface area contributed by atoms with Crippen molar-refractivity contribution in [3.63, 3.8) is 0 Å². The minimum absolute atomic E-state index is 0.334. The highest BCUT2D eigenvalue weighted by atomic mass is 16.1. The summed E-state index contributed by atoms with van der Waals surface area (Å²) in [6.07, 6.45) is 6.39. The van der Waals surface area contributed by atoms with Gasteiger partial charge in [0.05, 0.1) is 17.8 Å². The molecule has 1 rings (SSSR count). The van der Waals surface area contributed by atoms with Crippen molar-refractivity contribution in [1.29, 1.82) is 5.26 Å². The van der Waals surface area contributed by atoms with Crippen molar-refractivity contribution < 1.29 is 4.79 Å². The SMILES string of the molecule is N#CC=[C]NC(=O)c1cccnc1. The van der Waals surface area contributed by atoms with Crippen molar-refractivity contribution in [2.45, 2.75) is 0 Å². The number of carbonyl (C=O) groups is 1. The normalized spacial score (nSPS) is 9.46. The lowest BCUT2D eigenvalue weighted by atomic mass is 10.3. The number of amides is 1. The molecule has 0 aliphatic carbocycles. The van der Waals surface area contributed by atoms with Crippen LogP contribution >= 0.6 is 0 Å². The summed E-state index contributed by atoms with van der Waals surface area (Å²) in [7, 11) is 0. The summed E-state index contributed by atoms with van der Waals surface area (Å²) in [6.45, 7) is 0. The fourth-order valence-corrected chi connectivity index (χ4v) is 0.703. The van der Waals surface area contributed by atoms with Gasteiger partial charge in [-0.25, -0.2) is 0 Å². The Morgan fingerprint density at radius 2 is 2.54 bits per heavy atom. The Morgan fingerprint density at radius 3 is 3.15 bits per heavy atom. The van der Waals surface area contributed by atoms with Crippen LogP contribution in [0.3, 0.4) is 0 Å². The van der Waals surface area contributed by atoms with Gasteiger partial charge in [-0.05, 0) is 12.1 Å². The molecule has 1 radical (unpaired) electrons. The third-order valence-corrected chi connectivity index (χ3v) is 1.25. The molecule has 4 heteroatoms. The maximum atomic E-state index is 11.2. The summed E-state index contributed by atoms with van der Waals surface area (Å²) in [5.41, 5.74) is 0.432. The van der Waals surface area contributed by atoms with Crippen molar-refractivity contribution in [3.8, 4) is 6.07 Å². The zero-order chi connectivity index (χ0) is 9.52. The molecule has 0 aliphatic heterocycles. The number of nitrogens with one attached hydrogen (secondary N) is 1. The molecule has 1 amide bonds. The van der Waals surface area contributed by atoms with E-state index in [1.54, 1.807) is 24.4 Å². The Labute approximate surface area is 75.5 Å². The predicted molar refractivity (Wildman–Crippen MR) is 45.1 cm³/mol. The van der Waals surface area contributed by atoms with Gasteiger partial charge in [0, 0.05) is 18.5 Å². The van der Waals surface area contributed by atoms with Crippen molar-refractivity contribution in [2.75, 3.05) is 0 Å². The molecule has 13 heavy (non-hydrogen) atoms. The molecular formula is C9H6N3O. The second kappa shape index (κ2) is 4.67. The molecule has 63 valence electrons. The van der Waals surface area contributed by atoms with Gasteiger partial charge < -0.3 is 5.32 Å². The number of rotatable bonds is 2. The number of nitriles is 1. The van der Waals surface area contributed by atoms with Gasteiger partial charge in [-0.15, -0.1) is 0 Å². The van der Waals surface area contributed by atoms with Gasteiger partial charge in [0.1, 0.15) is 0 Å². The Morgan fingerprint density at radius 1 is 1.69 bits per heavy atom. The van der Waals surface area contributed by atoms with Gasteiger partial charge in [0.15, 0.2) is 0 Å². The molecule has 0 saturated carbocycles. The van der Waals surface area contributed by atoms with Crippen LogP contribution in [0.5, 0.6) is 0 Å². The molecule has 1 aromatic rings. The Kier molecular flexibility index (Phi) is 3.21. The smallest absolute Gasteiger partial charge is 0.257 e. The summed E-state index contributed by atoms with van der Waals surface area (Å²) in [6, 6.07) is 4.99. The van der Waals surface area contributed by atoms with Crippen molar-refractivity contribution in [2.24, 2.45) is 0 Å². The fourth-order valence-electron chi connectivity index (χ4n) is 0.703. The third kappa shape index (κ3) is 2.75. The van der Waals surface area contributed by atoms with Crippen LogP contribution in [0.4, 0.5) is 0 Å². The lowest BCUT2D eigenvalue weighted by Crippen LogP contribution is -2.17. The highest BCUT2D eigenvalue weighted by Gasteiger charge is 2.00. The first-order valence-corrected chi connectivity index (χ1v) is 3.52. The van der Waals surface area contributed by atoms with Gasteiger partial charge in [-0.1, -0.05) is 0 Å². The summed E-state index contributed by atoms with van der Waals surface area (Å²) < 4.78 is 0. The van der Waals surface area contributed by atoms with Crippen LogP contribution < -0.4 is 5.32 Å². The van der Waals surface area contributed by atoms with Crippen LogP contribution in [0.25, 0.3) is 0 Å². The molecule has 0 aromatic carbocycles. The van der Waals surface area contributed by atoms with E-state index >= 15 is 0 Å². The largest absolute Gasteiger partial charge is 0.319 e. The molecule has 0 atom stereocenters. The summed E-state index contributed by atoms with van der Waals surface area (Å²) in [4.78, 5) is 14.9. The van der Waals surface area contributed by atoms with E-state index in [0.29, 0.717) is 5.56 Å². The summed E-state index contributed by atoms with van der Waals surface area (Å²) >= 11 is 0. The van der Waals surface area contributed by atoms with E-state index in [1.807, 2.05) is 0 Å². The first-order valence-electron chi connectivity index (χ1n) is 3.52. The number of carbonyl (C=O) groups excluding carboxylic acids is 1. The molecule has 1 heterocycles. The zero-order valence-corrected chi connectivity index (χ0v) is 6.69. The topological polar surface area (TPSA) is 65.8 Å². The van der Waals surface area contributed by atoms with E-state index in [9.17, 15) is 4.79 Å². The van der Waals surface area contributed by atoms with E-state index < -0.39 is 0 Å². The van der Waals surface area contributed by atoms with E-state index in [2.05, 4.69) is 16.5 Å². The number of allylic oxidation sites excluding steroid dienone is 1. The van der Waals surface area contributed by atoms with Crippen LogP contribution in [0.2, 0.25) is 0 Å². The molecular weight excluding hydrogens is 166 g/mol. The van der Waals surface area contributed by atoms with Crippen LogP contribution in [0, 0.1) is 17.5 Å². The van der Waals surface area contributed by atoms with Crippen molar-refractivity contribution in [3.05, 3.63) is 42.4 Å². The number of pyridine rings is 1. The van der Waals surface area contributed by atoms with Crippen LogP contribution in [0.15, 0.2) is 30.6 Å². The quantitative estimate of drug-likeness (QED) is 0.526. The highest BCUT2D eigenvalue weighted by Crippen LogP contribution is 1.94. The standard InChI is InChI=1S/C9H6N3O/c10-4-2-6-12-9(13)8-3-1-5-11-7-8/h1-3,5,7H,(H,12,13). The Balaban J connectivity index is 2.61. The molecule has 0 bridgehead atoms. The number of hydrogen-bond acceptors (Lipinski definition) is 3. The molecule has 0 fully saturated rings. The monoisotopic (exact) mass is 172 g/mol. The predicted octanol–water partition coefficient (Wildman–Crippen LogP) is 0.652. The molecule has 1 N–H and O–H groups in total. The molecule has 4 nitrogen and oxygen atoms in total. The molecule has 0 spiro atoms. The van der Waals surface area contributed by atoms with E-state index in [1.165, 1.54) is 6.20 Å².